The van der Waals surface area contributed by atoms with Gasteiger partial charge in [0.1, 0.15) is 6.04 Å². The number of esters is 2. The summed E-state index contributed by atoms with van der Waals surface area (Å²) in [5.41, 5.74) is -0.417. The van der Waals surface area contributed by atoms with Gasteiger partial charge < -0.3 is 14.8 Å². The molecule has 0 aliphatic heterocycles. The zero-order chi connectivity index (χ0) is 18.9. The Morgan fingerprint density at radius 2 is 1.67 bits per heavy atom. The van der Waals surface area contributed by atoms with Crippen LogP contribution in [0.4, 0.5) is 0 Å². The third kappa shape index (κ3) is 8.29. The van der Waals surface area contributed by atoms with E-state index in [1.807, 2.05) is 34.6 Å². The molecule has 0 aliphatic rings. The summed E-state index contributed by atoms with van der Waals surface area (Å²) in [5.74, 6) is -1.09. The van der Waals surface area contributed by atoms with Gasteiger partial charge in [0, 0.05) is 12.0 Å². The van der Waals surface area contributed by atoms with Gasteiger partial charge in [-0.2, -0.15) is 0 Å². The fourth-order valence-electron chi connectivity index (χ4n) is 2.16. The molecule has 1 unspecified atom stereocenters. The number of ether oxygens (including phenoxy) is 2. The largest absolute Gasteiger partial charge is 0.469 e. The molecule has 1 amide bonds. The molecule has 0 spiro atoms. The van der Waals surface area contributed by atoms with Crippen LogP contribution < -0.4 is 10.6 Å². The Labute approximate surface area is 144 Å². The van der Waals surface area contributed by atoms with Gasteiger partial charge in [0.15, 0.2) is 0 Å². The van der Waals surface area contributed by atoms with Gasteiger partial charge in [0.2, 0.25) is 5.91 Å². The van der Waals surface area contributed by atoms with Crippen molar-refractivity contribution >= 4 is 17.8 Å². The van der Waals surface area contributed by atoms with Gasteiger partial charge in [-0.25, -0.2) is 0 Å². The number of hydrogen-bond donors (Lipinski definition) is 2. The summed E-state index contributed by atoms with van der Waals surface area (Å²) in [6.07, 6.45) is 1.07. The second kappa shape index (κ2) is 10.3. The molecule has 140 valence electrons. The quantitative estimate of drug-likeness (QED) is 0.614. The fourth-order valence-corrected chi connectivity index (χ4v) is 2.16. The van der Waals surface area contributed by atoms with E-state index in [0.717, 1.165) is 6.42 Å². The van der Waals surface area contributed by atoms with E-state index in [-0.39, 0.29) is 24.7 Å². The van der Waals surface area contributed by atoms with E-state index in [4.69, 9.17) is 4.74 Å². The Morgan fingerprint density at radius 1 is 1.08 bits per heavy atom. The molecule has 3 atom stereocenters. The highest BCUT2D eigenvalue weighted by Crippen LogP contribution is 2.13. The summed E-state index contributed by atoms with van der Waals surface area (Å²) in [6, 6.07) is -1.31. The summed E-state index contributed by atoms with van der Waals surface area (Å²) in [7, 11) is 2.62. The molecule has 0 radical (unpaired) electrons. The van der Waals surface area contributed by atoms with Gasteiger partial charge in [-0.15, -0.1) is 0 Å². The van der Waals surface area contributed by atoms with Crippen LogP contribution >= 0.6 is 0 Å². The SMILES string of the molecule is CCC(C)[C@H](N[C@H](CCC(=O)OC)C(=O)NC(C)(C)C)C(=O)OC. The molecule has 0 saturated heterocycles. The van der Waals surface area contributed by atoms with Crippen LogP contribution in [0.25, 0.3) is 0 Å². The Kier molecular flexibility index (Phi) is 9.58. The minimum Gasteiger partial charge on any atom is -0.469 e. The van der Waals surface area contributed by atoms with Gasteiger partial charge in [0.05, 0.1) is 20.3 Å². The van der Waals surface area contributed by atoms with E-state index in [1.165, 1.54) is 14.2 Å². The van der Waals surface area contributed by atoms with Crippen LogP contribution in [0.2, 0.25) is 0 Å². The molecule has 2 N–H and O–H groups in total. The van der Waals surface area contributed by atoms with Crippen molar-refractivity contribution in [1.82, 2.24) is 10.6 Å². The summed E-state index contributed by atoms with van der Waals surface area (Å²) in [5, 5.41) is 5.94. The monoisotopic (exact) mass is 344 g/mol. The highest BCUT2D eigenvalue weighted by atomic mass is 16.5. The highest BCUT2D eigenvalue weighted by molar-refractivity contribution is 5.84. The van der Waals surface area contributed by atoms with Crippen molar-refractivity contribution in [3.63, 3.8) is 0 Å². The number of methoxy groups -OCH3 is 2. The summed E-state index contributed by atoms with van der Waals surface area (Å²) in [6.45, 7) is 9.48. The summed E-state index contributed by atoms with van der Waals surface area (Å²) in [4.78, 5) is 36.0. The van der Waals surface area contributed by atoms with Gasteiger partial charge in [-0.3, -0.25) is 19.7 Å². The maximum absolute atomic E-state index is 12.5. The zero-order valence-corrected chi connectivity index (χ0v) is 15.9. The average molecular weight is 344 g/mol. The third-order valence-electron chi connectivity index (χ3n) is 3.73. The van der Waals surface area contributed by atoms with Gasteiger partial charge in [-0.1, -0.05) is 20.3 Å². The third-order valence-corrected chi connectivity index (χ3v) is 3.73. The lowest BCUT2D eigenvalue weighted by Gasteiger charge is -2.29. The maximum Gasteiger partial charge on any atom is 0.323 e. The molecule has 0 fully saturated rings. The Balaban J connectivity index is 5.22. The average Bonchev–Trinajstić information content (AvgIpc) is 2.51. The molecule has 0 saturated carbocycles. The van der Waals surface area contributed by atoms with E-state index < -0.39 is 29.6 Å². The maximum atomic E-state index is 12.5. The number of carbonyl (C=O) groups is 3. The van der Waals surface area contributed by atoms with Crippen LogP contribution in [-0.2, 0) is 23.9 Å². The van der Waals surface area contributed by atoms with E-state index in [2.05, 4.69) is 15.4 Å². The first-order valence-corrected chi connectivity index (χ1v) is 8.28. The minimum atomic E-state index is -0.693. The van der Waals surface area contributed by atoms with Crippen LogP contribution in [0.1, 0.15) is 53.9 Å². The number of nitrogens with one attached hydrogen (secondary N) is 2. The summed E-state index contributed by atoms with van der Waals surface area (Å²) >= 11 is 0. The normalized spacial score (nSPS) is 15.1. The summed E-state index contributed by atoms with van der Waals surface area (Å²) < 4.78 is 9.47. The smallest absolute Gasteiger partial charge is 0.323 e. The fraction of sp³-hybridized carbons (Fsp3) is 0.824. The van der Waals surface area contributed by atoms with Crippen molar-refractivity contribution in [1.29, 1.82) is 0 Å². The van der Waals surface area contributed by atoms with Crippen molar-refractivity contribution in [2.24, 2.45) is 5.92 Å². The van der Waals surface area contributed by atoms with E-state index in [0.29, 0.717) is 0 Å². The molecule has 0 heterocycles. The predicted octanol–water partition coefficient (Wildman–Crippen LogP) is 1.40. The lowest BCUT2D eigenvalue weighted by molar-refractivity contribution is -0.145. The van der Waals surface area contributed by atoms with Crippen LogP contribution in [0.3, 0.4) is 0 Å². The molecule has 24 heavy (non-hydrogen) atoms. The van der Waals surface area contributed by atoms with Crippen molar-refractivity contribution in [2.75, 3.05) is 14.2 Å². The number of rotatable bonds is 9. The molecule has 0 rings (SSSR count). The Morgan fingerprint density at radius 3 is 2.08 bits per heavy atom. The number of carbonyl (C=O) groups excluding carboxylic acids is 3. The second-order valence-corrected chi connectivity index (χ2v) is 6.96. The molecule has 0 aromatic rings. The van der Waals surface area contributed by atoms with Crippen molar-refractivity contribution < 1.29 is 23.9 Å². The topological polar surface area (TPSA) is 93.7 Å². The Bertz CT molecular complexity index is 431. The van der Waals surface area contributed by atoms with Crippen LogP contribution in [0, 0.1) is 5.92 Å². The lowest BCUT2D eigenvalue weighted by Crippen LogP contribution is -2.56. The second-order valence-electron chi connectivity index (χ2n) is 6.96. The lowest BCUT2D eigenvalue weighted by atomic mass is 9.97. The molecule has 0 bridgehead atoms. The number of amides is 1. The van der Waals surface area contributed by atoms with Gasteiger partial charge in [0.25, 0.3) is 0 Å². The van der Waals surface area contributed by atoms with E-state index >= 15 is 0 Å². The Hall–Kier alpha value is -1.63. The number of hydrogen-bond acceptors (Lipinski definition) is 6. The first kappa shape index (κ1) is 22.4. The van der Waals surface area contributed by atoms with Crippen LogP contribution in [0.15, 0.2) is 0 Å². The molecular formula is C17H32N2O5. The molecule has 0 aromatic carbocycles. The molecule has 7 heteroatoms. The van der Waals surface area contributed by atoms with E-state index in [9.17, 15) is 14.4 Å². The minimum absolute atomic E-state index is 0.0134. The molecular weight excluding hydrogens is 312 g/mol. The van der Waals surface area contributed by atoms with Crippen molar-refractivity contribution in [3.05, 3.63) is 0 Å². The first-order valence-electron chi connectivity index (χ1n) is 8.28. The molecule has 0 aliphatic carbocycles. The molecule has 7 nitrogen and oxygen atoms in total. The van der Waals surface area contributed by atoms with Crippen LogP contribution in [0.5, 0.6) is 0 Å². The van der Waals surface area contributed by atoms with Gasteiger partial charge >= 0.3 is 11.9 Å². The highest BCUT2D eigenvalue weighted by Gasteiger charge is 2.31. The first-order chi connectivity index (χ1) is 11.1. The van der Waals surface area contributed by atoms with Gasteiger partial charge in [-0.05, 0) is 33.1 Å². The van der Waals surface area contributed by atoms with Crippen molar-refractivity contribution in [3.8, 4) is 0 Å². The van der Waals surface area contributed by atoms with Crippen molar-refractivity contribution in [2.45, 2.75) is 71.5 Å². The predicted molar refractivity (Wildman–Crippen MR) is 91.3 cm³/mol. The van der Waals surface area contributed by atoms with Crippen LogP contribution in [-0.4, -0.2) is 49.7 Å². The van der Waals surface area contributed by atoms with E-state index in [1.54, 1.807) is 0 Å². The standard InChI is InChI=1S/C17H32N2O5/c1-8-11(2)14(16(22)24-7)18-12(9-10-13(20)23-6)15(21)19-17(3,4)5/h11-12,14,18H,8-10H2,1-7H3,(H,19,21)/t11?,12-,14+/m1/s1. The molecule has 0 aromatic heterocycles. The zero-order valence-electron chi connectivity index (χ0n) is 15.9.